The van der Waals surface area contributed by atoms with Crippen LogP contribution in [-0.2, 0) is 6.54 Å². The molecule has 0 bridgehead atoms. The number of halogens is 1. The molecule has 17 heavy (non-hydrogen) atoms. The first-order valence-electron chi connectivity index (χ1n) is 6.48. The van der Waals surface area contributed by atoms with Crippen LogP contribution in [0.15, 0.2) is 18.2 Å². The molecule has 0 radical (unpaired) electrons. The van der Waals surface area contributed by atoms with Gasteiger partial charge in [-0.25, -0.2) is 4.39 Å². The molecule has 2 rings (SSSR count). The second kappa shape index (κ2) is 5.50. The first kappa shape index (κ1) is 12.4. The average Bonchev–Trinajstić information content (AvgIpc) is 2.84. The molecule has 1 fully saturated rings. The van der Waals surface area contributed by atoms with Crippen LogP contribution in [0.4, 0.5) is 10.1 Å². The second-order valence-electron chi connectivity index (χ2n) is 4.84. The van der Waals surface area contributed by atoms with E-state index in [1.54, 1.807) is 12.1 Å². The molecule has 2 nitrogen and oxygen atoms in total. The van der Waals surface area contributed by atoms with Crippen molar-refractivity contribution in [2.75, 3.05) is 12.3 Å². The summed E-state index contributed by atoms with van der Waals surface area (Å²) in [6.07, 6.45) is 5.17. The van der Waals surface area contributed by atoms with Crippen molar-refractivity contribution in [2.45, 2.75) is 45.2 Å². The highest BCUT2D eigenvalue weighted by atomic mass is 19.1. The molecule has 0 aliphatic heterocycles. The highest BCUT2D eigenvalue weighted by Gasteiger charge is 2.21. The Bertz CT molecular complexity index is 372. The predicted molar refractivity (Wildman–Crippen MR) is 69.2 cm³/mol. The standard InChI is InChI=1S/C14H21FN2/c1-2-17(13-5-3-4-6-13)10-11-9-12(15)7-8-14(11)16/h7-9,13H,2-6,10,16H2,1H3. The van der Waals surface area contributed by atoms with Gasteiger partial charge in [0.1, 0.15) is 5.82 Å². The van der Waals surface area contributed by atoms with Crippen LogP contribution >= 0.6 is 0 Å². The Labute approximate surface area is 103 Å². The highest BCUT2D eigenvalue weighted by molar-refractivity contribution is 5.46. The van der Waals surface area contributed by atoms with Gasteiger partial charge >= 0.3 is 0 Å². The lowest BCUT2D eigenvalue weighted by atomic mass is 10.1. The Kier molecular flexibility index (Phi) is 4.00. The van der Waals surface area contributed by atoms with Crippen molar-refractivity contribution in [3.63, 3.8) is 0 Å². The Morgan fingerprint density at radius 3 is 2.71 bits per heavy atom. The summed E-state index contributed by atoms with van der Waals surface area (Å²) in [5.41, 5.74) is 7.51. The highest BCUT2D eigenvalue weighted by Crippen LogP contribution is 2.26. The summed E-state index contributed by atoms with van der Waals surface area (Å²) in [6.45, 7) is 3.93. The van der Waals surface area contributed by atoms with E-state index >= 15 is 0 Å². The lowest BCUT2D eigenvalue weighted by Gasteiger charge is -2.27. The SMILES string of the molecule is CCN(Cc1cc(F)ccc1N)C1CCCC1. The number of nitrogens with two attached hydrogens (primary N) is 1. The van der Waals surface area contributed by atoms with Crippen molar-refractivity contribution in [2.24, 2.45) is 0 Å². The van der Waals surface area contributed by atoms with Crippen LogP contribution in [0.2, 0.25) is 0 Å². The van der Waals surface area contributed by atoms with Crippen LogP contribution in [0.1, 0.15) is 38.2 Å². The van der Waals surface area contributed by atoms with Gasteiger partial charge in [0, 0.05) is 18.3 Å². The van der Waals surface area contributed by atoms with Crippen LogP contribution in [-0.4, -0.2) is 17.5 Å². The fraction of sp³-hybridized carbons (Fsp3) is 0.571. The molecule has 0 saturated heterocycles. The van der Waals surface area contributed by atoms with Crippen molar-refractivity contribution in [1.29, 1.82) is 0 Å². The summed E-state index contributed by atoms with van der Waals surface area (Å²) in [6, 6.07) is 5.30. The molecule has 0 aromatic heterocycles. The van der Waals surface area contributed by atoms with E-state index in [1.807, 2.05) is 0 Å². The molecule has 0 amide bonds. The number of nitrogens with zero attached hydrogens (tertiary/aromatic N) is 1. The third-order valence-corrected chi connectivity index (χ3v) is 3.73. The van der Waals surface area contributed by atoms with E-state index in [0.29, 0.717) is 11.7 Å². The van der Waals surface area contributed by atoms with Gasteiger partial charge in [-0.15, -0.1) is 0 Å². The van der Waals surface area contributed by atoms with E-state index < -0.39 is 0 Å². The zero-order chi connectivity index (χ0) is 12.3. The van der Waals surface area contributed by atoms with Gasteiger partial charge in [0.25, 0.3) is 0 Å². The molecule has 0 spiro atoms. The molecule has 1 aliphatic rings. The van der Waals surface area contributed by atoms with Gasteiger partial charge in [-0.2, -0.15) is 0 Å². The molecule has 1 saturated carbocycles. The maximum Gasteiger partial charge on any atom is 0.123 e. The molecular weight excluding hydrogens is 215 g/mol. The molecule has 94 valence electrons. The van der Waals surface area contributed by atoms with Gasteiger partial charge in [-0.1, -0.05) is 19.8 Å². The summed E-state index contributed by atoms with van der Waals surface area (Å²) < 4.78 is 13.2. The third kappa shape index (κ3) is 2.97. The quantitative estimate of drug-likeness (QED) is 0.814. The second-order valence-corrected chi connectivity index (χ2v) is 4.84. The monoisotopic (exact) mass is 236 g/mol. The zero-order valence-electron chi connectivity index (χ0n) is 10.5. The van der Waals surface area contributed by atoms with Crippen molar-refractivity contribution >= 4 is 5.69 Å². The normalized spacial score (nSPS) is 16.9. The third-order valence-electron chi connectivity index (χ3n) is 3.73. The van der Waals surface area contributed by atoms with Crippen molar-refractivity contribution < 1.29 is 4.39 Å². The lowest BCUT2D eigenvalue weighted by molar-refractivity contribution is 0.200. The maximum atomic E-state index is 13.2. The van der Waals surface area contributed by atoms with Gasteiger partial charge in [0.2, 0.25) is 0 Å². The summed E-state index contributed by atoms with van der Waals surface area (Å²) in [4.78, 5) is 2.41. The van der Waals surface area contributed by atoms with Crippen molar-refractivity contribution in [3.05, 3.63) is 29.6 Å². The van der Waals surface area contributed by atoms with E-state index in [-0.39, 0.29) is 5.82 Å². The summed E-state index contributed by atoms with van der Waals surface area (Å²) >= 11 is 0. The minimum absolute atomic E-state index is 0.198. The van der Waals surface area contributed by atoms with Gasteiger partial charge in [0.05, 0.1) is 0 Å². The van der Waals surface area contributed by atoms with Crippen LogP contribution < -0.4 is 5.73 Å². The molecule has 0 atom stereocenters. The van der Waals surface area contributed by atoms with Crippen LogP contribution in [0, 0.1) is 5.82 Å². The fourth-order valence-corrected chi connectivity index (χ4v) is 2.70. The number of benzene rings is 1. The summed E-state index contributed by atoms with van der Waals surface area (Å²) in [5, 5.41) is 0. The summed E-state index contributed by atoms with van der Waals surface area (Å²) in [7, 11) is 0. The first-order chi connectivity index (χ1) is 8.20. The lowest BCUT2D eigenvalue weighted by Crippen LogP contribution is -2.32. The zero-order valence-corrected chi connectivity index (χ0v) is 10.5. The van der Waals surface area contributed by atoms with Crippen LogP contribution in [0.3, 0.4) is 0 Å². The molecule has 1 aromatic rings. The topological polar surface area (TPSA) is 29.3 Å². The van der Waals surface area contributed by atoms with Crippen molar-refractivity contribution in [1.82, 2.24) is 4.90 Å². The molecule has 3 heteroatoms. The number of hydrogen-bond donors (Lipinski definition) is 1. The first-order valence-corrected chi connectivity index (χ1v) is 6.48. The predicted octanol–water partition coefficient (Wildman–Crippen LogP) is 3.17. The molecular formula is C14H21FN2. The summed E-state index contributed by atoms with van der Waals surface area (Å²) in [5.74, 6) is -0.198. The van der Waals surface area contributed by atoms with E-state index in [0.717, 1.165) is 18.7 Å². The number of hydrogen-bond acceptors (Lipinski definition) is 2. The molecule has 2 N–H and O–H groups in total. The number of anilines is 1. The Balaban J connectivity index is 2.09. The Morgan fingerprint density at radius 1 is 1.35 bits per heavy atom. The minimum Gasteiger partial charge on any atom is -0.398 e. The van der Waals surface area contributed by atoms with Gasteiger partial charge in [-0.05, 0) is 43.1 Å². The fourth-order valence-electron chi connectivity index (χ4n) is 2.70. The van der Waals surface area contributed by atoms with Crippen LogP contribution in [0.25, 0.3) is 0 Å². The van der Waals surface area contributed by atoms with Gasteiger partial charge in [0.15, 0.2) is 0 Å². The molecule has 0 unspecified atom stereocenters. The molecule has 1 aromatic carbocycles. The Morgan fingerprint density at radius 2 is 2.06 bits per heavy atom. The average molecular weight is 236 g/mol. The van der Waals surface area contributed by atoms with E-state index in [9.17, 15) is 4.39 Å². The van der Waals surface area contributed by atoms with E-state index in [2.05, 4.69) is 11.8 Å². The van der Waals surface area contributed by atoms with E-state index in [1.165, 1.54) is 31.7 Å². The van der Waals surface area contributed by atoms with Crippen LogP contribution in [0.5, 0.6) is 0 Å². The molecule has 1 aliphatic carbocycles. The largest absolute Gasteiger partial charge is 0.398 e. The van der Waals surface area contributed by atoms with Gasteiger partial charge in [-0.3, -0.25) is 4.90 Å². The maximum absolute atomic E-state index is 13.2. The molecule has 0 heterocycles. The Hall–Kier alpha value is -1.09. The number of rotatable bonds is 4. The van der Waals surface area contributed by atoms with E-state index in [4.69, 9.17) is 5.73 Å². The van der Waals surface area contributed by atoms with Crippen molar-refractivity contribution in [3.8, 4) is 0 Å². The smallest absolute Gasteiger partial charge is 0.123 e. The minimum atomic E-state index is -0.198. The number of nitrogen functional groups attached to an aromatic ring is 1. The van der Waals surface area contributed by atoms with Gasteiger partial charge < -0.3 is 5.73 Å².